The molecule has 3 rings (SSSR count). The summed E-state index contributed by atoms with van der Waals surface area (Å²) >= 11 is 6.15. The van der Waals surface area contributed by atoms with Crippen molar-refractivity contribution in [1.82, 2.24) is 5.32 Å². The summed E-state index contributed by atoms with van der Waals surface area (Å²) in [6, 6.07) is 18.6. The summed E-state index contributed by atoms with van der Waals surface area (Å²) in [6.45, 7) is 2.62. The van der Waals surface area contributed by atoms with Crippen LogP contribution in [0.25, 0.3) is 0 Å². The third-order valence-corrected chi connectivity index (χ3v) is 6.99. The Balaban J connectivity index is 1.45. The lowest BCUT2D eigenvalue weighted by atomic mass is 10.2. The number of benzene rings is 3. The normalized spacial score (nSPS) is 11.2. The standard InChI is InChI=1S/C26H28ClFN2O4S/c1-19-24(27)5-3-6-25(19)30(35(2,32)33)16-4-7-26(31)29-17-20-10-14-23(15-11-20)34-18-21-8-12-22(28)13-9-21/h3,5-6,8-15H,4,7,16-18H2,1-2H3,(H,29,31). The number of nitrogens with zero attached hydrogens (tertiary/aromatic N) is 1. The van der Waals surface area contributed by atoms with Crippen molar-refractivity contribution in [2.75, 3.05) is 17.1 Å². The van der Waals surface area contributed by atoms with Crippen LogP contribution in [0.3, 0.4) is 0 Å². The van der Waals surface area contributed by atoms with E-state index in [9.17, 15) is 17.6 Å². The van der Waals surface area contributed by atoms with E-state index in [4.69, 9.17) is 16.3 Å². The Kier molecular flexibility index (Phi) is 9.12. The number of anilines is 1. The lowest BCUT2D eigenvalue weighted by Gasteiger charge is -2.24. The molecule has 0 bridgehead atoms. The first-order valence-electron chi connectivity index (χ1n) is 11.1. The smallest absolute Gasteiger partial charge is 0.232 e. The summed E-state index contributed by atoms with van der Waals surface area (Å²) in [5.41, 5.74) is 2.96. The number of halogens is 2. The number of carbonyl (C=O) groups is 1. The van der Waals surface area contributed by atoms with Gasteiger partial charge in [0, 0.05) is 24.5 Å². The minimum atomic E-state index is -3.52. The molecule has 0 unspecified atom stereocenters. The van der Waals surface area contributed by atoms with Gasteiger partial charge in [-0.05, 0) is 66.4 Å². The first-order valence-corrected chi connectivity index (χ1v) is 13.3. The lowest BCUT2D eigenvalue weighted by molar-refractivity contribution is -0.121. The van der Waals surface area contributed by atoms with Crippen LogP contribution in [-0.4, -0.2) is 27.1 Å². The first-order chi connectivity index (χ1) is 16.6. The molecule has 0 saturated carbocycles. The van der Waals surface area contributed by atoms with Crippen molar-refractivity contribution < 1.29 is 22.3 Å². The van der Waals surface area contributed by atoms with E-state index in [1.54, 1.807) is 37.3 Å². The van der Waals surface area contributed by atoms with Gasteiger partial charge in [0.1, 0.15) is 18.2 Å². The second kappa shape index (κ2) is 12.0. The quantitative estimate of drug-likeness (QED) is 0.377. The van der Waals surface area contributed by atoms with E-state index in [0.717, 1.165) is 17.4 Å². The molecule has 0 atom stereocenters. The predicted molar refractivity (Wildman–Crippen MR) is 137 cm³/mol. The van der Waals surface area contributed by atoms with Gasteiger partial charge in [-0.25, -0.2) is 12.8 Å². The third-order valence-electron chi connectivity index (χ3n) is 5.40. The largest absolute Gasteiger partial charge is 0.489 e. The molecule has 0 aliphatic heterocycles. The van der Waals surface area contributed by atoms with Crippen molar-refractivity contribution in [2.24, 2.45) is 0 Å². The highest BCUT2D eigenvalue weighted by Gasteiger charge is 2.20. The van der Waals surface area contributed by atoms with Gasteiger partial charge in [0.05, 0.1) is 11.9 Å². The van der Waals surface area contributed by atoms with Gasteiger partial charge >= 0.3 is 0 Å². The molecular formula is C26H28ClFN2O4S. The van der Waals surface area contributed by atoms with E-state index in [1.165, 1.54) is 16.4 Å². The summed E-state index contributed by atoms with van der Waals surface area (Å²) in [5, 5.41) is 3.34. The molecule has 0 aliphatic carbocycles. The maximum atomic E-state index is 13.0. The van der Waals surface area contributed by atoms with Crippen LogP contribution in [0.15, 0.2) is 66.7 Å². The highest BCUT2D eigenvalue weighted by atomic mass is 35.5. The molecule has 0 saturated heterocycles. The molecule has 0 radical (unpaired) electrons. The fourth-order valence-electron chi connectivity index (χ4n) is 3.45. The Bertz CT molecular complexity index is 1250. The molecule has 9 heteroatoms. The summed E-state index contributed by atoms with van der Waals surface area (Å²) in [6.07, 6.45) is 1.69. The molecule has 3 aromatic rings. The van der Waals surface area contributed by atoms with Crippen LogP contribution in [0.5, 0.6) is 5.75 Å². The van der Waals surface area contributed by atoms with Crippen molar-refractivity contribution in [1.29, 1.82) is 0 Å². The molecule has 1 N–H and O–H groups in total. The molecule has 1 amide bonds. The number of nitrogens with one attached hydrogen (secondary N) is 1. The second-order valence-corrected chi connectivity index (χ2v) is 10.5. The van der Waals surface area contributed by atoms with Gasteiger partial charge in [0.25, 0.3) is 0 Å². The Morgan fingerprint density at radius 2 is 1.69 bits per heavy atom. The molecule has 6 nitrogen and oxygen atoms in total. The number of rotatable bonds is 11. The van der Waals surface area contributed by atoms with Gasteiger partial charge in [-0.3, -0.25) is 9.10 Å². The number of carbonyl (C=O) groups excluding carboxylic acids is 1. The minimum Gasteiger partial charge on any atom is -0.489 e. The van der Waals surface area contributed by atoms with E-state index in [-0.39, 0.29) is 24.7 Å². The molecule has 35 heavy (non-hydrogen) atoms. The number of sulfonamides is 1. The zero-order valence-electron chi connectivity index (χ0n) is 19.6. The number of hydrogen-bond acceptors (Lipinski definition) is 4. The maximum Gasteiger partial charge on any atom is 0.232 e. The monoisotopic (exact) mass is 518 g/mol. The zero-order chi connectivity index (χ0) is 25.4. The van der Waals surface area contributed by atoms with E-state index >= 15 is 0 Å². The van der Waals surface area contributed by atoms with Gasteiger partial charge in [-0.1, -0.05) is 41.9 Å². The van der Waals surface area contributed by atoms with Gasteiger partial charge in [0.15, 0.2) is 0 Å². The topological polar surface area (TPSA) is 75.7 Å². The van der Waals surface area contributed by atoms with Crippen LogP contribution in [-0.2, 0) is 28.0 Å². The minimum absolute atomic E-state index is 0.169. The van der Waals surface area contributed by atoms with Crippen LogP contribution in [0.1, 0.15) is 29.5 Å². The average molecular weight is 519 g/mol. The summed E-state index contributed by atoms with van der Waals surface area (Å²) in [4.78, 5) is 12.3. The molecule has 3 aromatic carbocycles. The van der Waals surface area contributed by atoms with Crippen molar-refractivity contribution >= 4 is 33.2 Å². The Labute approximate surface area is 210 Å². The molecule has 0 fully saturated rings. The zero-order valence-corrected chi connectivity index (χ0v) is 21.2. The van der Waals surface area contributed by atoms with Gasteiger partial charge in [0.2, 0.25) is 15.9 Å². The molecule has 0 aromatic heterocycles. The van der Waals surface area contributed by atoms with Gasteiger partial charge in [-0.15, -0.1) is 0 Å². The molecule has 0 spiro atoms. The summed E-state index contributed by atoms with van der Waals surface area (Å²) in [5.74, 6) is 0.212. The SMILES string of the molecule is Cc1c(Cl)cccc1N(CCCC(=O)NCc1ccc(OCc2ccc(F)cc2)cc1)S(C)(=O)=O. The Hall–Kier alpha value is -3.10. The number of amides is 1. The van der Waals surface area contributed by atoms with Crippen LogP contribution in [0.4, 0.5) is 10.1 Å². The molecule has 0 heterocycles. The Morgan fingerprint density at radius 3 is 2.34 bits per heavy atom. The lowest BCUT2D eigenvalue weighted by Crippen LogP contribution is -2.32. The van der Waals surface area contributed by atoms with E-state index in [1.807, 2.05) is 24.3 Å². The predicted octanol–water partition coefficient (Wildman–Crippen LogP) is 5.23. The Morgan fingerprint density at radius 1 is 1.03 bits per heavy atom. The fraction of sp³-hybridized carbons (Fsp3) is 0.269. The van der Waals surface area contributed by atoms with Crippen molar-refractivity contribution in [2.45, 2.75) is 32.9 Å². The highest BCUT2D eigenvalue weighted by Crippen LogP contribution is 2.28. The van der Waals surface area contributed by atoms with Crippen LogP contribution in [0.2, 0.25) is 5.02 Å². The van der Waals surface area contributed by atoms with Crippen molar-refractivity contribution in [3.63, 3.8) is 0 Å². The van der Waals surface area contributed by atoms with E-state index in [2.05, 4.69) is 5.32 Å². The van der Waals surface area contributed by atoms with Crippen molar-refractivity contribution in [3.05, 3.63) is 94.3 Å². The maximum absolute atomic E-state index is 13.0. The average Bonchev–Trinajstić information content (AvgIpc) is 2.82. The van der Waals surface area contributed by atoms with E-state index < -0.39 is 10.0 Å². The van der Waals surface area contributed by atoms with Gasteiger partial charge < -0.3 is 10.1 Å². The second-order valence-electron chi connectivity index (χ2n) is 8.16. The summed E-state index contributed by atoms with van der Waals surface area (Å²) in [7, 11) is -3.52. The molecule has 0 aliphatic rings. The first kappa shape index (κ1) is 26.5. The number of ether oxygens (including phenoxy) is 1. The van der Waals surface area contributed by atoms with Crippen LogP contribution >= 0.6 is 11.6 Å². The number of hydrogen-bond donors (Lipinski definition) is 1. The van der Waals surface area contributed by atoms with Crippen LogP contribution < -0.4 is 14.4 Å². The summed E-state index contributed by atoms with van der Waals surface area (Å²) < 4.78 is 44.6. The van der Waals surface area contributed by atoms with Crippen LogP contribution in [0, 0.1) is 12.7 Å². The van der Waals surface area contributed by atoms with E-state index in [0.29, 0.717) is 41.6 Å². The molecule has 186 valence electrons. The molecular weight excluding hydrogens is 491 g/mol. The third kappa shape index (κ3) is 7.97. The highest BCUT2D eigenvalue weighted by molar-refractivity contribution is 7.92. The fourth-order valence-corrected chi connectivity index (χ4v) is 4.64. The van der Waals surface area contributed by atoms with Crippen molar-refractivity contribution in [3.8, 4) is 5.75 Å². The van der Waals surface area contributed by atoms with Gasteiger partial charge in [-0.2, -0.15) is 0 Å².